The molecule has 0 amide bonds. The van der Waals surface area contributed by atoms with Crippen LogP contribution >= 0.6 is 0 Å². The van der Waals surface area contributed by atoms with E-state index in [9.17, 15) is 17.6 Å². The molecular formula is C19H17F4N. The molecule has 2 aromatic rings. The number of rotatable bonds is 6. The van der Waals surface area contributed by atoms with Gasteiger partial charge in [-0.2, -0.15) is 5.26 Å². The Kier molecular flexibility index (Phi) is 5.97. The highest BCUT2D eigenvalue weighted by molar-refractivity contribution is 5.67. The normalized spacial score (nSPS) is 10.7. The van der Waals surface area contributed by atoms with Crippen LogP contribution in [0.4, 0.5) is 17.6 Å². The quantitative estimate of drug-likeness (QED) is 0.366. The third kappa shape index (κ3) is 3.59. The minimum Gasteiger partial charge on any atom is -0.203 e. The third-order valence-electron chi connectivity index (χ3n) is 3.94. The van der Waals surface area contributed by atoms with E-state index >= 15 is 0 Å². The number of aryl methyl sites for hydroxylation is 1. The van der Waals surface area contributed by atoms with Crippen LogP contribution in [0.3, 0.4) is 0 Å². The number of nitrogens with zero attached hydrogens (tertiary/aromatic N) is 1. The zero-order valence-corrected chi connectivity index (χ0v) is 13.3. The van der Waals surface area contributed by atoms with Gasteiger partial charge >= 0.3 is 0 Å². The number of benzene rings is 2. The smallest absolute Gasteiger partial charge is 0.180 e. The summed E-state index contributed by atoms with van der Waals surface area (Å²) in [5.74, 6) is -6.45. The molecule has 0 aliphatic heterocycles. The van der Waals surface area contributed by atoms with Crippen LogP contribution in [0.5, 0.6) is 0 Å². The Hall–Kier alpha value is -2.35. The van der Waals surface area contributed by atoms with Crippen molar-refractivity contribution in [2.75, 3.05) is 0 Å². The lowest BCUT2D eigenvalue weighted by Crippen LogP contribution is -2.03. The van der Waals surface area contributed by atoms with Crippen molar-refractivity contribution < 1.29 is 17.6 Å². The summed E-state index contributed by atoms with van der Waals surface area (Å²) in [4.78, 5) is 0. The SMILES string of the molecule is CCCCCCc1ccc(-c2c(F)c(F)c(C#N)c(F)c2F)cc1. The zero-order chi connectivity index (χ0) is 17.7. The van der Waals surface area contributed by atoms with Crippen LogP contribution in [0.15, 0.2) is 24.3 Å². The van der Waals surface area contributed by atoms with E-state index in [1.807, 2.05) is 0 Å². The molecule has 126 valence electrons. The maximum Gasteiger partial charge on any atom is 0.180 e. The summed E-state index contributed by atoms with van der Waals surface area (Å²) < 4.78 is 55.5. The first-order valence-corrected chi connectivity index (χ1v) is 7.86. The molecule has 0 saturated carbocycles. The molecule has 0 aliphatic rings. The first-order valence-electron chi connectivity index (χ1n) is 7.86. The van der Waals surface area contributed by atoms with Gasteiger partial charge in [0.1, 0.15) is 11.6 Å². The lowest BCUT2D eigenvalue weighted by Gasteiger charge is -2.10. The van der Waals surface area contributed by atoms with Gasteiger partial charge in [0, 0.05) is 0 Å². The molecule has 0 aromatic heterocycles. The molecule has 2 rings (SSSR count). The summed E-state index contributed by atoms with van der Waals surface area (Å²) in [7, 11) is 0. The fourth-order valence-electron chi connectivity index (χ4n) is 2.58. The van der Waals surface area contributed by atoms with Gasteiger partial charge in [0.25, 0.3) is 0 Å². The molecule has 0 N–H and O–H groups in total. The predicted molar refractivity (Wildman–Crippen MR) is 84.3 cm³/mol. The zero-order valence-electron chi connectivity index (χ0n) is 13.3. The fourth-order valence-corrected chi connectivity index (χ4v) is 2.58. The second-order valence-electron chi connectivity index (χ2n) is 5.63. The summed E-state index contributed by atoms with van der Waals surface area (Å²) in [6, 6.07) is 7.38. The second-order valence-corrected chi connectivity index (χ2v) is 5.63. The van der Waals surface area contributed by atoms with Crippen molar-refractivity contribution in [2.45, 2.75) is 39.0 Å². The Morgan fingerprint density at radius 2 is 1.42 bits per heavy atom. The van der Waals surface area contributed by atoms with Crippen molar-refractivity contribution in [3.8, 4) is 17.2 Å². The van der Waals surface area contributed by atoms with Crippen LogP contribution in [-0.2, 0) is 6.42 Å². The highest BCUT2D eigenvalue weighted by Gasteiger charge is 2.26. The van der Waals surface area contributed by atoms with Gasteiger partial charge < -0.3 is 0 Å². The summed E-state index contributed by atoms with van der Waals surface area (Å²) >= 11 is 0. The van der Waals surface area contributed by atoms with Crippen LogP contribution in [0.25, 0.3) is 11.1 Å². The summed E-state index contributed by atoms with van der Waals surface area (Å²) in [5, 5.41) is 8.60. The first-order chi connectivity index (χ1) is 11.5. The Balaban J connectivity index is 2.31. The molecule has 0 radical (unpaired) electrons. The third-order valence-corrected chi connectivity index (χ3v) is 3.94. The molecule has 0 fully saturated rings. The van der Waals surface area contributed by atoms with Crippen LogP contribution in [-0.4, -0.2) is 0 Å². The van der Waals surface area contributed by atoms with Crippen molar-refractivity contribution in [3.05, 3.63) is 58.7 Å². The second kappa shape index (κ2) is 7.96. The Morgan fingerprint density at radius 1 is 0.833 bits per heavy atom. The van der Waals surface area contributed by atoms with Crippen molar-refractivity contribution >= 4 is 0 Å². The van der Waals surface area contributed by atoms with Crippen molar-refractivity contribution in [3.63, 3.8) is 0 Å². The molecule has 0 spiro atoms. The van der Waals surface area contributed by atoms with E-state index in [0.717, 1.165) is 43.7 Å². The number of unbranched alkanes of at least 4 members (excludes halogenated alkanes) is 3. The molecule has 0 heterocycles. The predicted octanol–water partition coefficient (Wildman–Crippen LogP) is 5.90. The molecule has 5 heteroatoms. The van der Waals surface area contributed by atoms with Crippen molar-refractivity contribution in [1.82, 2.24) is 0 Å². The van der Waals surface area contributed by atoms with E-state index in [4.69, 9.17) is 5.26 Å². The Bertz CT molecular complexity index is 731. The van der Waals surface area contributed by atoms with Crippen LogP contribution in [0.2, 0.25) is 0 Å². The van der Waals surface area contributed by atoms with Crippen LogP contribution < -0.4 is 0 Å². The van der Waals surface area contributed by atoms with E-state index in [2.05, 4.69) is 6.92 Å². The number of hydrogen-bond acceptors (Lipinski definition) is 1. The monoisotopic (exact) mass is 335 g/mol. The fraction of sp³-hybridized carbons (Fsp3) is 0.316. The molecule has 24 heavy (non-hydrogen) atoms. The van der Waals surface area contributed by atoms with Gasteiger partial charge in [-0.3, -0.25) is 0 Å². The molecule has 0 saturated heterocycles. The molecule has 1 nitrogen and oxygen atoms in total. The van der Waals surface area contributed by atoms with Gasteiger partial charge in [0.15, 0.2) is 23.3 Å². The average molecular weight is 335 g/mol. The van der Waals surface area contributed by atoms with E-state index in [1.54, 1.807) is 12.1 Å². The number of halogens is 4. The lowest BCUT2D eigenvalue weighted by atomic mass is 9.98. The summed E-state index contributed by atoms with van der Waals surface area (Å²) in [6.07, 6.45) is 5.23. The number of hydrogen-bond donors (Lipinski definition) is 0. The largest absolute Gasteiger partial charge is 0.203 e. The molecule has 0 atom stereocenters. The molecule has 0 bridgehead atoms. The Morgan fingerprint density at radius 3 is 1.92 bits per heavy atom. The standard InChI is InChI=1S/C19H17F4N/c1-2-3-4-5-6-12-7-9-13(10-8-12)15-18(22)16(20)14(11-24)17(21)19(15)23/h7-10H,2-6H2,1H3. The van der Waals surface area contributed by atoms with Crippen LogP contribution in [0.1, 0.15) is 43.7 Å². The van der Waals surface area contributed by atoms with E-state index in [1.165, 1.54) is 12.1 Å². The Labute approximate surface area is 138 Å². The summed E-state index contributed by atoms with van der Waals surface area (Å²) in [6.45, 7) is 2.12. The molecular weight excluding hydrogens is 318 g/mol. The topological polar surface area (TPSA) is 23.8 Å². The van der Waals surface area contributed by atoms with Gasteiger partial charge in [0.05, 0.1) is 5.56 Å². The maximum absolute atomic E-state index is 14.0. The van der Waals surface area contributed by atoms with Gasteiger partial charge in [-0.25, -0.2) is 17.6 Å². The van der Waals surface area contributed by atoms with Crippen LogP contribution in [0, 0.1) is 34.6 Å². The lowest BCUT2D eigenvalue weighted by molar-refractivity contribution is 0.454. The van der Waals surface area contributed by atoms with Crippen molar-refractivity contribution in [1.29, 1.82) is 5.26 Å². The van der Waals surface area contributed by atoms with Gasteiger partial charge in [-0.15, -0.1) is 0 Å². The number of nitriles is 1. The molecule has 2 aromatic carbocycles. The molecule has 0 aliphatic carbocycles. The van der Waals surface area contributed by atoms with Crippen molar-refractivity contribution in [2.24, 2.45) is 0 Å². The average Bonchev–Trinajstić information content (AvgIpc) is 2.59. The minimum absolute atomic E-state index is 0.0320. The van der Waals surface area contributed by atoms with Gasteiger partial charge in [0.2, 0.25) is 0 Å². The first kappa shape index (κ1) is 18.0. The minimum atomic E-state index is -1.67. The van der Waals surface area contributed by atoms with E-state index in [-0.39, 0.29) is 5.56 Å². The maximum atomic E-state index is 14.0. The van der Waals surface area contributed by atoms with Gasteiger partial charge in [-0.05, 0) is 24.0 Å². The summed E-state index contributed by atoms with van der Waals surface area (Å²) in [5.41, 5.74) is -1.02. The molecule has 0 unspecified atom stereocenters. The highest BCUT2D eigenvalue weighted by Crippen LogP contribution is 2.32. The van der Waals surface area contributed by atoms with E-state index in [0.29, 0.717) is 0 Å². The highest BCUT2D eigenvalue weighted by atomic mass is 19.2. The van der Waals surface area contributed by atoms with Gasteiger partial charge in [-0.1, -0.05) is 50.5 Å². The van der Waals surface area contributed by atoms with E-state index < -0.39 is 34.4 Å².